The van der Waals surface area contributed by atoms with E-state index in [1.807, 2.05) is 0 Å². The van der Waals surface area contributed by atoms with Gasteiger partial charge in [0.1, 0.15) is 0 Å². The highest BCUT2D eigenvalue weighted by Gasteiger charge is 2.21. The van der Waals surface area contributed by atoms with Crippen molar-refractivity contribution in [2.24, 2.45) is 0 Å². The van der Waals surface area contributed by atoms with Gasteiger partial charge in [-0.15, -0.1) is 0 Å². The minimum absolute atomic E-state index is 0.232. The van der Waals surface area contributed by atoms with Crippen LogP contribution in [-0.2, 0) is 4.74 Å². The first-order valence-corrected chi connectivity index (χ1v) is 6.81. The summed E-state index contributed by atoms with van der Waals surface area (Å²) in [6.45, 7) is 6.12. The fourth-order valence-corrected chi connectivity index (χ4v) is 2.25. The Labute approximate surface area is 99.8 Å². The Hall–Kier alpha value is -0.120. The van der Waals surface area contributed by atoms with Gasteiger partial charge in [-0.25, -0.2) is 0 Å². The maximum absolute atomic E-state index is 9.21. The van der Waals surface area contributed by atoms with Crippen molar-refractivity contribution in [3.05, 3.63) is 0 Å². The number of aliphatic hydroxyl groups excluding tert-OH is 1. The fraction of sp³-hybridized carbons (Fsp3) is 1.00. The van der Waals surface area contributed by atoms with E-state index in [1.54, 1.807) is 0 Å². The molecular weight excluding hydrogens is 202 g/mol. The second kappa shape index (κ2) is 8.97. The molecule has 1 rings (SSSR count). The van der Waals surface area contributed by atoms with Gasteiger partial charge in [-0.3, -0.25) is 4.90 Å². The van der Waals surface area contributed by atoms with Crippen LogP contribution in [0, 0.1) is 0 Å². The molecule has 16 heavy (non-hydrogen) atoms. The quantitative estimate of drug-likeness (QED) is 0.647. The minimum Gasteiger partial charge on any atom is -0.395 e. The molecule has 0 saturated carbocycles. The number of hydrogen-bond donors (Lipinski definition) is 1. The molecule has 3 nitrogen and oxygen atoms in total. The second-order valence-electron chi connectivity index (χ2n) is 4.72. The molecule has 0 aromatic rings. The van der Waals surface area contributed by atoms with Gasteiger partial charge in [-0.2, -0.15) is 0 Å². The summed E-state index contributed by atoms with van der Waals surface area (Å²) in [5, 5.41) is 9.21. The number of rotatable bonds is 8. The average Bonchev–Trinajstić information content (AvgIpc) is 2.34. The van der Waals surface area contributed by atoms with Crippen LogP contribution in [0.25, 0.3) is 0 Å². The Morgan fingerprint density at radius 1 is 1.19 bits per heavy atom. The van der Waals surface area contributed by atoms with E-state index in [-0.39, 0.29) is 12.6 Å². The zero-order valence-electron chi connectivity index (χ0n) is 10.7. The molecule has 0 spiro atoms. The van der Waals surface area contributed by atoms with E-state index in [0.717, 1.165) is 19.7 Å². The third kappa shape index (κ3) is 5.28. The van der Waals surface area contributed by atoms with Crippen LogP contribution in [0.2, 0.25) is 0 Å². The monoisotopic (exact) mass is 229 g/mol. The van der Waals surface area contributed by atoms with Gasteiger partial charge in [-0.05, 0) is 13.0 Å². The van der Waals surface area contributed by atoms with Crippen molar-refractivity contribution in [1.29, 1.82) is 0 Å². The lowest BCUT2D eigenvalue weighted by Crippen LogP contribution is -2.47. The van der Waals surface area contributed by atoms with Gasteiger partial charge in [0, 0.05) is 6.54 Å². The highest BCUT2D eigenvalue weighted by molar-refractivity contribution is 4.74. The van der Waals surface area contributed by atoms with Crippen LogP contribution in [0.1, 0.15) is 45.4 Å². The highest BCUT2D eigenvalue weighted by Crippen LogP contribution is 2.10. The predicted octanol–water partition coefficient (Wildman–Crippen LogP) is 2.04. The van der Waals surface area contributed by atoms with Crippen LogP contribution in [-0.4, -0.2) is 49.0 Å². The summed E-state index contributed by atoms with van der Waals surface area (Å²) in [5.74, 6) is 0. The Balaban J connectivity index is 2.02. The van der Waals surface area contributed by atoms with Gasteiger partial charge in [0.15, 0.2) is 0 Å². The molecule has 1 atom stereocenters. The summed E-state index contributed by atoms with van der Waals surface area (Å²) in [6, 6.07) is 0.240. The second-order valence-corrected chi connectivity index (χ2v) is 4.72. The predicted molar refractivity (Wildman–Crippen MR) is 66.6 cm³/mol. The van der Waals surface area contributed by atoms with E-state index in [4.69, 9.17) is 4.74 Å². The van der Waals surface area contributed by atoms with Gasteiger partial charge >= 0.3 is 0 Å². The Morgan fingerprint density at radius 3 is 2.69 bits per heavy atom. The molecule has 0 aliphatic carbocycles. The summed E-state index contributed by atoms with van der Waals surface area (Å²) >= 11 is 0. The normalized spacial score (nSPS) is 22.5. The van der Waals surface area contributed by atoms with Crippen LogP contribution in [0.5, 0.6) is 0 Å². The lowest BCUT2D eigenvalue weighted by molar-refractivity contribution is -0.0278. The molecule has 1 N–H and O–H groups in total. The first-order chi connectivity index (χ1) is 7.88. The fourth-order valence-electron chi connectivity index (χ4n) is 2.25. The van der Waals surface area contributed by atoms with Gasteiger partial charge in [0.05, 0.1) is 25.9 Å². The van der Waals surface area contributed by atoms with Crippen LogP contribution in [0.4, 0.5) is 0 Å². The van der Waals surface area contributed by atoms with E-state index in [9.17, 15) is 5.11 Å². The molecule has 1 unspecified atom stereocenters. The van der Waals surface area contributed by atoms with Crippen LogP contribution in [0.3, 0.4) is 0 Å². The molecule has 3 heteroatoms. The molecular formula is C13H27NO2. The summed E-state index contributed by atoms with van der Waals surface area (Å²) in [5.41, 5.74) is 0. The molecule has 0 aromatic heterocycles. The SMILES string of the molecule is CCCCCCCCN1CCOCC1CO. The van der Waals surface area contributed by atoms with Crippen molar-refractivity contribution >= 4 is 0 Å². The molecule has 0 aromatic carbocycles. The number of hydrogen-bond acceptors (Lipinski definition) is 3. The maximum atomic E-state index is 9.21. The lowest BCUT2D eigenvalue weighted by Gasteiger charge is -2.34. The summed E-state index contributed by atoms with van der Waals surface area (Å²) < 4.78 is 5.36. The molecule has 1 aliphatic heterocycles. The Morgan fingerprint density at radius 2 is 1.94 bits per heavy atom. The summed E-state index contributed by atoms with van der Waals surface area (Å²) in [7, 11) is 0. The van der Waals surface area contributed by atoms with Crippen molar-refractivity contribution in [3.8, 4) is 0 Å². The number of aliphatic hydroxyl groups is 1. The summed E-state index contributed by atoms with van der Waals surface area (Å²) in [6.07, 6.45) is 8.02. The van der Waals surface area contributed by atoms with Gasteiger partial charge < -0.3 is 9.84 Å². The Bertz CT molecular complexity index is 164. The molecule has 1 heterocycles. The van der Waals surface area contributed by atoms with E-state index in [2.05, 4.69) is 11.8 Å². The number of nitrogens with zero attached hydrogens (tertiary/aromatic N) is 1. The number of unbranched alkanes of at least 4 members (excludes halogenated alkanes) is 5. The highest BCUT2D eigenvalue weighted by atomic mass is 16.5. The maximum Gasteiger partial charge on any atom is 0.0644 e. The smallest absolute Gasteiger partial charge is 0.0644 e. The number of ether oxygens (including phenoxy) is 1. The first-order valence-electron chi connectivity index (χ1n) is 6.81. The topological polar surface area (TPSA) is 32.7 Å². The largest absolute Gasteiger partial charge is 0.395 e. The van der Waals surface area contributed by atoms with E-state index in [1.165, 1.54) is 38.5 Å². The van der Waals surface area contributed by atoms with Crippen molar-refractivity contribution in [1.82, 2.24) is 4.90 Å². The third-order valence-corrected chi connectivity index (χ3v) is 3.36. The minimum atomic E-state index is 0.232. The molecule has 0 radical (unpaired) electrons. The van der Waals surface area contributed by atoms with Gasteiger partial charge in [-0.1, -0.05) is 39.0 Å². The standard InChI is InChI=1S/C13H27NO2/c1-2-3-4-5-6-7-8-14-9-10-16-12-13(14)11-15/h13,15H,2-12H2,1H3. The zero-order chi connectivity index (χ0) is 11.6. The van der Waals surface area contributed by atoms with Crippen molar-refractivity contribution in [2.45, 2.75) is 51.5 Å². The van der Waals surface area contributed by atoms with Gasteiger partial charge in [0.2, 0.25) is 0 Å². The van der Waals surface area contributed by atoms with Crippen LogP contribution >= 0.6 is 0 Å². The molecule has 0 bridgehead atoms. The van der Waals surface area contributed by atoms with Crippen LogP contribution < -0.4 is 0 Å². The lowest BCUT2D eigenvalue weighted by atomic mass is 10.1. The molecule has 96 valence electrons. The first kappa shape index (κ1) is 13.9. The molecule has 0 amide bonds. The molecule has 1 fully saturated rings. The zero-order valence-corrected chi connectivity index (χ0v) is 10.7. The molecule has 1 saturated heterocycles. The Kier molecular flexibility index (Phi) is 7.81. The van der Waals surface area contributed by atoms with Crippen molar-refractivity contribution < 1.29 is 9.84 Å². The third-order valence-electron chi connectivity index (χ3n) is 3.36. The molecule has 1 aliphatic rings. The van der Waals surface area contributed by atoms with E-state index < -0.39 is 0 Å². The number of morpholine rings is 1. The van der Waals surface area contributed by atoms with E-state index in [0.29, 0.717) is 6.61 Å². The van der Waals surface area contributed by atoms with Crippen LogP contribution in [0.15, 0.2) is 0 Å². The van der Waals surface area contributed by atoms with E-state index >= 15 is 0 Å². The average molecular weight is 229 g/mol. The van der Waals surface area contributed by atoms with Crippen molar-refractivity contribution in [2.75, 3.05) is 32.9 Å². The van der Waals surface area contributed by atoms with Gasteiger partial charge in [0.25, 0.3) is 0 Å². The van der Waals surface area contributed by atoms with Crippen molar-refractivity contribution in [3.63, 3.8) is 0 Å². The summed E-state index contributed by atoms with van der Waals surface area (Å²) in [4.78, 5) is 2.38.